The predicted octanol–water partition coefficient (Wildman–Crippen LogP) is 5.70. The standard InChI is InChI=1S/C18H31NS/c1-13-9-12-17(20-13)14(2)19-16-8-6-7-15(10-11-16)18(3,4)5/h9,12,14-16,19H,6-8,10-11H2,1-5H3. The van der Waals surface area contributed by atoms with Gasteiger partial charge in [-0.25, -0.2) is 0 Å². The lowest BCUT2D eigenvalue weighted by Gasteiger charge is -2.30. The summed E-state index contributed by atoms with van der Waals surface area (Å²) in [6.45, 7) is 11.7. The fourth-order valence-corrected chi connectivity index (χ4v) is 4.34. The van der Waals surface area contributed by atoms with Gasteiger partial charge in [0, 0.05) is 21.8 Å². The molecule has 1 N–H and O–H groups in total. The molecule has 1 aromatic heterocycles. The maximum Gasteiger partial charge on any atom is 0.0388 e. The lowest BCUT2D eigenvalue weighted by molar-refractivity contribution is 0.213. The van der Waals surface area contributed by atoms with Crippen LogP contribution in [0.2, 0.25) is 0 Å². The Bertz CT molecular complexity index is 415. The number of nitrogens with one attached hydrogen (secondary N) is 1. The Balaban J connectivity index is 1.88. The van der Waals surface area contributed by atoms with Crippen LogP contribution < -0.4 is 5.32 Å². The second kappa shape index (κ2) is 6.62. The van der Waals surface area contributed by atoms with Gasteiger partial charge >= 0.3 is 0 Å². The first-order valence-corrected chi connectivity index (χ1v) is 9.00. The number of hydrogen-bond acceptors (Lipinski definition) is 2. The highest BCUT2D eigenvalue weighted by Gasteiger charge is 2.28. The molecule has 1 heterocycles. The summed E-state index contributed by atoms with van der Waals surface area (Å²) in [5.41, 5.74) is 0.478. The van der Waals surface area contributed by atoms with E-state index in [1.54, 1.807) is 0 Å². The van der Waals surface area contributed by atoms with Crippen LogP contribution in [0.25, 0.3) is 0 Å². The highest BCUT2D eigenvalue weighted by Crippen LogP contribution is 2.37. The Hall–Kier alpha value is -0.340. The third-order valence-electron chi connectivity index (χ3n) is 4.87. The zero-order valence-electron chi connectivity index (χ0n) is 13.8. The van der Waals surface area contributed by atoms with E-state index < -0.39 is 0 Å². The molecule has 0 aromatic carbocycles. The maximum absolute atomic E-state index is 3.87. The van der Waals surface area contributed by atoms with E-state index in [0.717, 1.165) is 5.92 Å². The van der Waals surface area contributed by atoms with Crippen molar-refractivity contribution in [2.75, 3.05) is 0 Å². The summed E-state index contributed by atoms with van der Waals surface area (Å²) in [6, 6.07) is 5.73. The van der Waals surface area contributed by atoms with Gasteiger partial charge < -0.3 is 5.32 Å². The zero-order chi connectivity index (χ0) is 14.8. The molecule has 0 radical (unpaired) electrons. The first-order valence-electron chi connectivity index (χ1n) is 8.18. The van der Waals surface area contributed by atoms with E-state index in [1.165, 1.54) is 41.9 Å². The molecule has 20 heavy (non-hydrogen) atoms. The molecule has 0 saturated heterocycles. The van der Waals surface area contributed by atoms with Crippen LogP contribution in [0, 0.1) is 18.3 Å². The van der Waals surface area contributed by atoms with Crippen molar-refractivity contribution in [2.24, 2.45) is 11.3 Å². The van der Waals surface area contributed by atoms with Crippen LogP contribution in [0.3, 0.4) is 0 Å². The Kier molecular flexibility index (Phi) is 5.30. The summed E-state index contributed by atoms with van der Waals surface area (Å²) < 4.78 is 0. The fourth-order valence-electron chi connectivity index (χ4n) is 3.46. The van der Waals surface area contributed by atoms with Crippen LogP contribution in [0.4, 0.5) is 0 Å². The van der Waals surface area contributed by atoms with Crippen molar-refractivity contribution in [3.63, 3.8) is 0 Å². The third-order valence-corrected chi connectivity index (χ3v) is 6.05. The lowest BCUT2D eigenvalue weighted by Crippen LogP contribution is -2.31. The normalized spacial score (nSPS) is 26.2. The summed E-state index contributed by atoms with van der Waals surface area (Å²) >= 11 is 1.93. The van der Waals surface area contributed by atoms with Gasteiger partial charge in [-0.05, 0) is 63.0 Å². The molecule has 2 rings (SSSR count). The average Bonchev–Trinajstić information content (AvgIpc) is 2.64. The molecular formula is C18H31NS. The molecule has 0 spiro atoms. The molecule has 0 bridgehead atoms. The van der Waals surface area contributed by atoms with Crippen LogP contribution in [0.1, 0.15) is 75.6 Å². The summed E-state index contributed by atoms with van der Waals surface area (Å²) in [5, 5.41) is 3.87. The summed E-state index contributed by atoms with van der Waals surface area (Å²) in [6.07, 6.45) is 6.87. The quantitative estimate of drug-likeness (QED) is 0.705. The maximum atomic E-state index is 3.87. The van der Waals surface area contributed by atoms with Crippen LogP contribution in [0.15, 0.2) is 12.1 Å². The largest absolute Gasteiger partial charge is 0.307 e. The van der Waals surface area contributed by atoms with Gasteiger partial charge in [-0.3, -0.25) is 0 Å². The fraction of sp³-hybridized carbons (Fsp3) is 0.778. The highest BCUT2D eigenvalue weighted by molar-refractivity contribution is 7.12. The molecule has 1 aliphatic rings. The van der Waals surface area contributed by atoms with E-state index >= 15 is 0 Å². The summed E-state index contributed by atoms with van der Waals surface area (Å²) in [4.78, 5) is 2.90. The van der Waals surface area contributed by atoms with Crippen molar-refractivity contribution in [3.05, 3.63) is 21.9 Å². The van der Waals surface area contributed by atoms with Gasteiger partial charge in [-0.2, -0.15) is 0 Å². The topological polar surface area (TPSA) is 12.0 Å². The van der Waals surface area contributed by atoms with Crippen molar-refractivity contribution < 1.29 is 0 Å². The first-order chi connectivity index (χ1) is 9.36. The van der Waals surface area contributed by atoms with E-state index in [1.807, 2.05) is 11.3 Å². The van der Waals surface area contributed by atoms with Crippen molar-refractivity contribution in [2.45, 2.75) is 78.8 Å². The van der Waals surface area contributed by atoms with Crippen LogP contribution >= 0.6 is 11.3 Å². The molecule has 1 fully saturated rings. The minimum Gasteiger partial charge on any atom is -0.307 e. The number of aryl methyl sites for hydroxylation is 1. The molecule has 1 aliphatic carbocycles. The van der Waals surface area contributed by atoms with Crippen molar-refractivity contribution >= 4 is 11.3 Å². The van der Waals surface area contributed by atoms with Gasteiger partial charge in [0.05, 0.1) is 0 Å². The number of thiophene rings is 1. The third kappa shape index (κ3) is 4.33. The SMILES string of the molecule is Cc1ccc(C(C)NC2CCCC(C(C)(C)C)CC2)s1. The summed E-state index contributed by atoms with van der Waals surface area (Å²) in [7, 11) is 0. The van der Waals surface area contributed by atoms with Crippen LogP contribution in [0.5, 0.6) is 0 Å². The minimum atomic E-state index is 0.478. The number of hydrogen-bond donors (Lipinski definition) is 1. The van der Waals surface area contributed by atoms with Crippen molar-refractivity contribution in [3.8, 4) is 0 Å². The second-order valence-corrected chi connectivity index (χ2v) is 8.92. The molecule has 3 unspecified atom stereocenters. The smallest absolute Gasteiger partial charge is 0.0388 e. The van der Waals surface area contributed by atoms with E-state index in [4.69, 9.17) is 0 Å². The summed E-state index contributed by atoms with van der Waals surface area (Å²) in [5.74, 6) is 0.897. The zero-order valence-corrected chi connectivity index (χ0v) is 14.6. The van der Waals surface area contributed by atoms with E-state index in [-0.39, 0.29) is 0 Å². The van der Waals surface area contributed by atoms with E-state index in [2.05, 4.69) is 52.1 Å². The molecule has 1 nitrogen and oxygen atoms in total. The average molecular weight is 294 g/mol. The second-order valence-electron chi connectivity index (χ2n) is 7.60. The Labute approximate surface area is 129 Å². The van der Waals surface area contributed by atoms with Gasteiger partial charge in [-0.15, -0.1) is 11.3 Å². The highest BCUT2D eigenvalue weighted by atomic mass is 32.1. The Morgan fingerprint density at radius 2 is 1.90 bits per heavy atom. The van der Waals surface area contributed by atoms with Gasteiger partial charge in [0.2, 0.25) is 0 Å². The molecule has 2 heteroatoms. The first kappa shape index (κ1) is 16.0. The van der Waals surface area contributed by atoms with Gasteiger partial charge in [0.15, 0.2) is 0 Å². The number of rotatable bonds is 3. The molecule has 0 amide bonds. The molecule has 114 valence electrons. The molecular weight excluding hydrogens is 262 g/mol. The van der Waals surface area contributed by atoms with E-state index in [0.29, 0.717) is 17.5 Å². The molecule has 1 saturated carbocycles. The van der Waals surface area contributed by atoms with Crippen molar-refractivity contribution in [1.82, 2.24) is 5.32 Å². The van der Waals surface area contributed by atoms with Crippen molar-refractivity contribution in [1.29, 1.82) is 0 Å². The van der Waals surface area contributed by atoms with E-state index in [9.17, 15) is 0 Å². The Morgan fingerprint density at radius 1 is 1.15 bits per heavy atom. The van der Waals surface area contributed by atoms with Gasteiger partial charge in [0.25, 0.3) is 0 Å². The van der Waals surface area contributed by atoms with Gasteiger partial charge in [-0.1, -0.05) is 27.2 Å². The monoisotopic (exact) mass is 293 g/mol. The molecule has 1 aromatic rings. The van der Waals surface area contributed by atoms with Crippen LogP contribution in [-0.4, -0.2) is 6.04 Å². The minimum absolute atomic E-state index is 0.478. The molecule has 3 atom stereocenters. The van der Waals surface area contributed by atoms with Crippen LogP contribution in [-0.2, 0) is 0 Å². The Morgan fingerprint density at radius 3 is 2.50 bits per heavy atom. The predicted molar refractivity (Wildman–Crippen MR) is 90.4 cm³/mol. The molecule has 0 aliphatic heterocycles. The van der Waals surface area contributed by atoms with Gasteiger partial charge in [0.1, 0.15) is 0 Å². The lowest BCUT2D eigenvalue weighted by atomic mass is 9.76.